The monoisotopic (exact) mass is 315 g/mol. The van der Waals surface area contributed by atoms with Crippen LogP contribution in [-0.2, 0) is 10.0 Å². The van der Waals surface area contributed by atoms with E-state index in [0.717, 1.165) is 0 Å². The molecule has 0 amide bonds. The van der Waals surface area contributed by atoms with Gasteiger partial charge in [0.1, 0.15) is 0 Å². The molecule has 5 nitrogen and oxygen atoms in total. The van der Waals surface area contributed by atoms with Crippen molar-refractivity contribution >= 4 is 33.0 Å². The molecule has 20 heavy (non-hydrogen) atoms. The lowest BCUT2D eigenvalue weighted by atomic mass is 10.3. The highest BCUT2D eigenvalue weighted by atomic mass is 32.2. The first-order valence-electron chi connectivity index (χ1n) is 6.36. The van der Waals surface area contributed by atoms with Crippen LogP contribution in [-0.4, -0.2) is 29.9 Å². The number of thiocarbonyl (C=S) groups is 1. The standard InChI is InChI=1S/C13H21N3O2S2/c1-9(2)16(10(3)4)20(17,18)12-7-5-11(6-8-12)15-13(14)19/h5-10H,1-4H3,(H3,14,15,19). The van der Waals surface area contributed by atoms with E-state index in [-0.39, 0.29) is 22.1 Å². The van der Waals surface area contributed by atoms with Crippen LogP contribution >= 0.6 is 12.2 Å². The van der Waals surface area contributed by atoms with Crippen LogP contribution in [0.2, 0.25) is 0 Å². The maximum absolute atomic E-state index is 12.6. The van der Waals surface area contributed by atoms with Gasteiger partial charge >= 0.3 is 0 Å². The number of hydrogen-bond donors (Lipinski definition) is 2. The van der Waals surface area contributed by atoms with E-state index in [9.17, 15) is 8.42 Å². The summed E-state index contributed by atoms with van der Waals surface area (Å²) in [5, 5.41) is 2.90. The fraction of sp³-hybridized carbons (Fsp3) is 0.462. The second kappa shape index (κ2) is 6.51. The van der Waals surface area contributed by atoms with E-state index >= 15 is 0 Å². The molecule has 0 unspecified atom stereocenters. The normalized spacial score (nSPS) is 12.2. The van der Waals surface area contributed by atoms with Crippen molar-refractivity contribution in [2.24, 2.45) is 5.73 Å². The van der Waals surface area contributed by atoms with Gasteiger partial charge in [0, 0.05) is 17.8 Å². The van der Waals surface area contributed by atoms with Crippen molar-refractivity contribution in [2.75, 3.05) is 5.32 Å². The SMILES string of the molecule is CC(C)N(C(C)C)S(=O)(=O)c1ccc(NC(N)=S)cc1. The molecule has 112 valence electrons. The van der Waals surface area contributed by atoms with Crippen LogP contribution in [0.25, 0.3) is 0 Å². The number of rotatable bonds is 5. The summed E-state index contributed by atoms with van der Waals surface area (Å²) in [4.78, 5) is 0.258. The van der Waals surface area contributed by atoms with Gasteiger partial charge in [-0.2, -0.15) is 4.31 Å². The average Bonchev–Trinajstić information content (AvgIpc) is 2.26. The van der Waals surface area contributed by atoms with Crippen LogP contribution in [0.4, 0.5) is 5.69 Å². The first-order valence-corrected chi connectivity index (χ1v) is 8.21. The minimum Gasteiger partial charge on any atom is -0.376 e. The Morgan fingerprint density at radius 3 is 1.95 bits per heavy atom. The van der Waals surface area contributed by atoms with Crippen molar-refractivity contribution in [1.29, 1.82) is 0 Å². The van der Waals surface area contributed by atoms with Gasteiger partial charge in [-0.15, -0.1) is 0 Å². The summed E-state index contributed by atoms with van der Waals surface area (Å²) in [6.07, 6.45) is 0. The van der Waals surface area contributed by atoms with Gasteiger partial charge in [0.25, 0.3) is 0 Å². The lowest BCUT2D eigenvalue weighted by molar-refractivity contribution is 0.302. The Kier molecular flexibility index (Phi) is 5.50. The van der Waals surface area contributed by atoms with Crippen molar-refractivity contribution in [3.8, 4) is 0 Å². The van der Waals surface area contributed by atoms with Crippen LogP contribution < -0.4 is 11.1 Å². The highest BCUT2D eigenvalue weighted by Crippen LogP contribution is 2.22. The van der Waals surface area contributed by atoms with E-state index in [1.54, 1.807) is 24.3 Å². The van der Waals surface area contributed by atoms with Crippen LogP contribution in [0, 0.1) is 0 Å². The molecule has 1 aromatic rings. The predicted octanol–water partition coefficient (Wildman–Crippen LogP) is 2.15. The summed E-state index contributed by atoms with van der Waals surface area (Å²) in [5.74, 6) is 0. The first kappa shape index (κ1) is 16.9. The van der Waals surface area contributed by atoms with E-state index in [1.807, 2.05) is 27.7 Å². The van der Waals surface area contributed by atoms with Gasteiger partial charge in [-0.3, -0.25) is 0 Å². The molecule has 0 aliphatic rings. The van der Waals surface area contributed by atoms with Crippen LogP contribution in [0.1, 0.15) is 27.7 Å². The molecule has 3 N–H and O–H groups in total. The van der Waals surface area contributed by atoms with Crippen LogP contribution in [0.15, 0.2) is 29.2 Å². The summed E-state index contributed by atoms with van der Waals surface area (Å²) in [6, 6.07) is 6.18. The Balaban J connectivity index is 3.12. The lowest BCUT2D eigenvalue weighted by Gasteiger charge is -2.29. The Labute approximate surface area is 126 Å². The molecule has 0 saturated carbocycles. The quantitative estimate of drug-likeness (QED) is 0.814. The summed E-state index contributed by atoms with van der Waals surface area (Å²) < 4.78 is 26.7. The minimum absolute atomic E-state index is 0.102. The summed E-state index contributed by atoms with van der Waals surface area (Å²) in [7, 11) is -3.50. The number of nitrogens with two attached hydrogens (primary N) is 1. The number of nitrogens with one attached hydrogen (secondary N) is 1. The van der Waals surface area contributed by atoms with Gasteiger partial charge in [0.05, 0.1) is 4.90 Å². The maximum Gasteiger partial charge on any atom is 0.243 e. The van der Waals surface area contributed by atoms with E-state index in [2.05, 4.69) is 5.32 Å². The van der Waals surface area contributed by atoms with Gasteiger partial charge in [0.2, 0.25) is 10.0 Å². The fourth-order valence-electron chi connectivity index (χ4n) is 2.13. The zero-order valence-electron chi connectivity index (χ0n) is 12.1. The largest absolute Gasteiger partial charge is 0.376 e. The Hall–Kier alpha value is -1.18. The van der Waals surface area contributed by atoms with E-state index < -0.39 is 10.0 Å². The molecule has 0 bridgehead atoms. The molecule has 0 spiro atoms. The minimum atomic E-state index is -3.50. The summed E-state index contributed by atoms with van der Waals surface area (Å²) >= 11 is 4.73. The third kappa shape index (κ3) is 3.91. The van der Waals surface area contributed by atoms with Gasteiger partial charge in [-0.1, -0.05) is 0 Å². The number of benzene rings is 1. The highest BCUT2D eigenvalue weighted by Gasteiger charge is 2.29. The fourth-order valence-corrected chi connectivity index (χ4v) is 4.08. The maximum atomic E-state index is 12.6. The molecule has 1 rings (SSSR count). The van der Waals surface area contributed by atoms with E-state index in [1.165, 1.54) is 4.31 Å². The zero-order chi connectivity index (χ0) is 15.5. The molecule has 0 radical (unpaired) electrons. The molecule has 0 fully saturated rings. The molecular formula is C13H21N3O2S2. The molecule has 0 atom stereocenters. The topological polar surface area (TPSA) is 75.4 Å². The lowest BCUT2D eigenvalue weighted by Crippen LogP contribution is -2.41. The molecule has 0 aliphatic carbocycles. The predicted molar refractivity (Wildman–Crippen MR) is 86.1 cm³/mol. The number of anilines is 1. The Morgan fingerprint density at radius 1 is 1.15 bits per heavy atom. The second-order valence-corrected chi connectivity index (χ2v) is 7.32. The molecule has 0 aromatic heterocycles. The van der Waals surface area contributed by atoms with Crippen molar-refractivity contribution in [3.05, 3.63) is 24.3 Å². The number of sulfonamides is 1. The van der Waals surface area contributed by atoms with E-state index in [0.29, 0.717) is 5.69 Å². The third-order valence-corrected chi connectivity index (χ3v) is 5.08. The van der Waals surface area contributed by atoms with E-state index in [4.69, 9.17) is 18.0 Å². The zero-order valence-corrected chi connectivity index (χ0v) is 13.8. The highest BCUT2D eigenvalue weighted by molar-refractivity contribution is 7.89. The molecule has 0 aliphatic heterocycles. The third-order valence-electron chi connectivity index (χ3n) is 2.72. The van der Waals surface area contributed by atoms with Crippen molar-refractivity contribution in [1.82, 2.24) is 4.31 Å². The summed E-state index contributed by atoms with van der Waals surface area (Å²) in [6.45, 7) is 7.45. The molecule has 1 aromatic carbocycles. The first-order chi connectivity index (χ1) is 9.16. The van der Waals surface area contributed by atoms with Crippen LogP contribution in [0.3, 0.4) is 0 Å². The van der Waals surface area contributed by atoms with Crippen molar-refractivity contribution in [2.45, 2.75) is 44.7 Å². The van der Waals surface area contributed by atoms with Crippen molar-refractivity contribution < 1.29 is 8.42 Å². The van der Waals surface area contributed by atoms with Crippen molar-refractivity contribution in [3.63, 3.8) is 0 Å². The molecular weight excluding hydrogens is 294 g/mol. The number of hydrogen-bond acceptors (Lipinski definition) is 3. The van der Waals surface area contributed by atoms with Gasteiger partial charge in [-0.05, 0) is 64.2 Å². The average molecular weight is 315 g/mol. The second-order valence-electron chi connectivity index (χ2n) is 5.04. The molecule has 7 heteroatoms. The Morgan fingerprint density at radius 2 is 1.60 bits per heavy atom. The van der Waals surface area contributed by atoms with Gasteiger partial charge in [0.15, 0.2) is 5.11 Å². The van der Waals surface area contributed by atoms with Crippen LogP contribution in [0.5, 0.6) is 0 Å². The van der Waals surface area contributed by atoms with Gasteiger partial charge < -0.3 is 11.1 Å². The molecule has 0 saturated heterocycles. The Bertz CT molecular complexity index is 558. The van der Waals surface area contributed by atoms with Gasteiger partial charge in [-0.25, -0.2) is 8.42 Å². The number of nitrogens with zero attached hydrogens (tertiary/aromatic N) is 1. The molecule has 0 heterocycles. The smallest absolute Gasteiger partial charge is 0.243 e. The summed E-state index contributed by atoms with van der Waals surface area (Å²) in [5.41, 5.74) is 6.03.